The summed E-state index contributed by atoms with van der Waals surface area (Å²) in [6, 6.07) is 8.50. The molecule has 2 aromatic rings. The van der Waals surface area contributed by atoms with Gasteiger partial charge in [-0.25, -0.2) is 4.98 Å². The molecule has 1 fully saturated rings. The smallest absolute Gasteiger partial charge is 0.225 e. The fraction of sp³-hybridized carbons (Fsp3) is 0.467. The van der Waals surface area contributed by atoms with Gasteiger partial charge in [-0.1, -0.05) is 12.1 Å². The molecular formula is C15H20N4O. The topological polar surface area (TPSA) is 50.3 Å². The van der Waals surface area contributed by atoms with Gasteiger partial charge in [0.1, 0.15) is 5.82 Å². The van der Waals surface area contributed by atoms with Crippen molar-refractivity contribution in [3.05, 3.63) is 24.3 Å². The first kappa shape index (κ1) is 13.1. The number of benzene rings is 1. The second kappa shape index (κ2) is 5.63. The fourth-order valence-corrected chi connectivity index (χ4v) is 2.56. The van der Waals surface area contributed by atoms with Gasteiger partial charge in [0, 0.05) is 18.5 Å². The van der Waals surface area contributed by atoms with E-state index in [9.17, 15) is 0 Å². The molecule has 5 heteroatoms. The maximum absolute atomic E-state index is 5.52. The number of nitrogens with one attached hydrogen (secondary N) is 1. The standard InChI is InChI=1S/C15H20N4O/c1-3-16-15-17-13-7-5-4-6-12(13)14(18-15)19-8-9-20-10-11(19)2/h4-7,11H,3,8-10H2,1-2H3,(H,16,17,18). The lowest BCUT2D eigenvalue weighted by Crippen LogP contribution is -2.44. The van der Waals surface area contributed by atoms with Crippen molar-refractivity contribution in [2.24, 2.45) is 0 Å². The summed E-state index contributed by atoms with van der Waals surface area (Å²) in [7, 11) is 0. The third-order valence-corrected chi connectivity index (χ3v) is 3.56. The van der Waals surface area contributed by atoms with Crippen LogP contribution in [0.25, 0.3) is 10.9 Å². The van der Waals surface area contributed by atoms with Gasteiger partial charge < -0.3 is 15.0 Å². The predicted molar refractivity (Wildman–Crippen MR) is 81.3 cm³/mol. The van der Waals surface area contributed by atoms with Crippen molar-refractivity contribution in [3.63, 3.8) is 0 Å². The summed E-state index contributed by atoms with van der Waals surface area (Å²) in [5.74, 6) is 1.70. The van der Waals surface area contributed by atoms with Crippen LogP contribution in [0.15, 0.2) is 24.3 Å². The maximum Gasteiger partial charge on any atom is 0.225 e. The number of nitrogens with zero attached hydrogens (tertiary/aromatic N) is 3. The molecule has 1 aromatic carbocycles. The molecule has 3 rings (SSSR count). The van der Waals surface area contributed by atoms with Crippen LogP contribution in [0.3, 0.4) is 0 Å². The van der Waals surface area contributed by atoms with E-state index < -0.39 is 0 Å². The summed E-state index contributed by atoms with van der Waals surface area (Å²) >= 11 is 0. The number of hydrogen-bond donors (Lipinski definition) is 1. The minimum Gasteiger partial charge on any atom is -0.377 e. The van der Waals surface area contributed by atoms with Gasteiger partial charge in [0.05, 0.1) is 24.8 Å². The Labute approximate surface area is 119 Å². The molecule has 0 radical (unpaired) electrons. The van der Waals surface area contributed by atoms with Gasteiger partial charge in [0.2, 0.25) is 5.95 Å². The Hall–Kier alpha value is -1.88. The van der Waals surface area contributed by atoms with Gasteiger partial charge in [-0.2, -0.15) is 4.98 Å². The first-order chi connectivity index (χ1) is 9.79. The van der Waals surface area contributed by atoms with Crippen LogP contribution in [0, 0.1) is 0 Å². The Morgan fingerprint density at radius 1 is 1.35 bits per heavy atom. The van der Waals surface area contributed by atoms with Crippen molar-refractivity contribution in [2.75, 3.05) is 36.5 Å². The number of rotatable bonds is 3. The van der Waals surface area contributed by atoms with E-state index in [0.29, 0.717) is 12.0 Å². The Morgan fingerprint density at radius 2 is 2.20 bits per heavy atom. The highest BCUT2D eigenvalue weighted by atomic mass is 16.5. The van der Waals surface area contributed by atoms with Crippen LogP contribution in [-0.2, 0) is 4.74 Å². The monoisotopic (exact) mass is 272 g/mol. The minimum atomic E-state index is 0.330. The zero-order valence-electron chi connectivity index (χ0n) is 12.0. The fourth-order valence-electron chi connectivity index (χ4n) is 2.56. The largest absolute Gasteiger partial charge is 0.377 e. The lowest BCUT2D eigenvalue weighted by Gasteiger charge is -2.35. The highest BCUT2D eigenvalue weighted by Crippen LogP contribution is 2.27. The van der Waals surface area contributed by atoms with Crippen LogP contribution in [0.5, 0.6) is 0 Å². The number of hydrogen-bond acceptors (Lipinski definition) is 5. The van der Waals surface area contributed by atoms with E-state index in [1.807, 2.05) is 18.2 Å². The zero-order chi connectivity index (χ0) is 13.9. The van der Waals surface area contributed by atoms with Crippen molar-refractivity contribution in [1.82, 2.24) is 9.97 Å². The second-order valence-corrected chi connectivity index (χ2v) is 5.04. The molecule has 20 heavy (non-hydrogen) atoms. The van der Waals surface area contributed by atoms with Crippen molar-refractivity contribution in [2.45, 2.75) is 19.9 Å². The Bertz CT molecular complexity index is 601. The van der Waals surface area contributed by atoms with E-state index in [2.05, 4.69) is 35.1 Å². The van der Waals surface area contributed by atoms with Crippen LogP contribution in [0.2, 0.25) is 0 Å². The van der Waals surface area contributed by atoms with E-state index in [1.165, 1.54) is 0 Å². The number of para-hydroxylation sites is 1. The zero-order valence-corrected chi connectivity index (χ0v) is 12.0. The molecule has 0 saturated carbocycles. The molecule has 1 aliphatic heterocycles. The molecule has 1 saturated heterocycles. The third-order valence-electron chi connectivity index (χ3n) is 3.56. The highest BCUT2D eigenvalue weighted by molar-refractivity contribution is 5.90. The van der Waals surface area contributed by atoms with Crippen molar-refractivity contribution in [3.8, 4) is 0 Å². The summed E-state index contributed by atoms with van der Waals surface area (Å²) in [6.45, 7) is 7.40. The average molecular weight is 272 g/mol. The second-order valence-electron chi connectivity index (χ2n) is 5.04. The normalized spacial score (nSPS) is 19.3. The van der Waals surface area contributed by atoms with E-state index >= 15 is 0 Å². The van der Waals surface area contributed by atoms with Gasteiger partial charge in [0.25, 0.3) is 0 Å². The van der Waals surface area contributed by atoms with Gasteiger partial charge in [0.15, 0.2) is 0 Å². The first-order valence-electron chi connectivity index (χ1n) is 7.14. The molecule has 1 atom stereocenters. The number of fused-ring (bicyclic) bond motifs is 1. The van der Waals surface area contributed by atoms with Gasteiger partial charge in [-0.3, -0.25) is 0 Å². The van der Waals surface area contributed by atoms with E-state index in [0.717, 1.165) is 43.0 Å². The van der Waals surface area contributed by atoms with E-state index in [4.69, 9.17) is 9.72 Å². The number of aromatic nitrogens is 2. The van der Waals surface area contributed by atoms with E-state index in [1.54, 1.807) is 0 Å². The Balaban J connectivity index is 2.11. The first-order valence-corrected chi connectivity index (χ1v) is 7.14. The summed E-state index contributed by atoms with van der Waals surface area (Å²) < 4.78 is 5.52. The SMILES string of the molecule is CCNc1nc(N2CCOCC2C)c2ccccc2n1. The molecule has 2 heterocycles. The van der Waals surface area contributed by atoms with Crippen LogP contribution >= 0.6 is 0 Å². The summed E-state index contributed by atoms with van der Waals surface area (Å²) in [5, 5.41) is 4.31. The maximum atomic E-state index is 5.52. The van der Waals surface area contributed by atoms with Crippen LogP contribution in [0.4, 0.5) is 11.8 Å². The molecule has 0 spiro atoms. The minimum absolute atomic E-state index is 0.330. The van der Waals surface area contributed by atoms with Crippen molar-refractivity contribution in [1.29, 1.82) is 0 Å². The summed E-state index contributed by atoms with van der Waals surface area (Å²) in [5.41, 5.74) is 0.979. The number of morpholine rings is 1. The molecule has 0 bridgehead atoms. The molecule has 0 amide bonds. The summed E-state index contributed by atoms with van der Waals surface area (Å²) in [4.78, 5) is 11.6. The quantitative estimate of drug-likeness (QED) is 0.929. The summed E-state index contributed by atoms with van der Waals surface area (Å²) in [6.07, 6.45) is 0. The molecule has 0 aliphatic carbocycles. The molecule has 106 valence electrons. The molecule has 1 unspecified atom stereocenters. The third kappa shape index (κ3) is 2.41. The average Bonchev–Trinajstić information content (AvgIpc) is 2.47. The van der Waals surface area contributed by atoms with Crippen LogP contribution in [-0.4, -0.2) is 42.3 Å². The lowest BCUT2D eigenvalue weighted by molar-refractivity contribution is 0.0987. The Kier molecular flexibility index (Phi) is 3.69. The van der Waals surface area contributed by atoms with Gasteiger partial charge in [-0.05, 0) is 26.0 Å². The van der Waals surface area contributed by atoms with E-state index in [-0.39, 0.29) is 0 Å². The van der Waals surface area contributed by atoms with Crippen molar-refractivity contribution < 1.29 is 4.74 Å². The van der Waals surface area contributed by atoms with Gasteiger partial charge >= 0.3 is 0 Å². The molecule has 5 nitrogen and oxygen atoms in total. The molecule has 1 aromatic heterocycles. The van der Waals surface area contributed by atoms with Gasteiger partial charge in [-0.15, -0.1) is 0 Å². The van der Waals surface area contributed by atoms with Crippen LogP contribution < -0.4 is 10.2 Å². The number of ether oxygens (including phenoxy) is 1. The number of anilines is 2. The molecule has 1 N–H and O–H groups in total. The van der Waals surface area contributed by atoms with Crippen molar-refractivity contribution >= 4 is 22.7 Å². The highest BCUT2D eigenvalue weighted by Gasteiger charge is 2.22. The van der Waals surface area contributed by atoms with Crippen LogP contribution in [0.1, 0.15) is 13.8 Å². The molecule has 1 aliphatic rings. The lowest BCUT2D eigenvalue weighted by atomic mass is 10.2. The predicted octanol–water partition coefficient (Wildman–Crippen LogP) is 2.29. The molecular weight excluding hydrogens is 252 g/mol. The Morgan fingerprint density at radius 3 is 3.00 bits per heavy atom.